The van der Waals surface area contributed by atoms with Gasteiger partial charge >= 0.3 is 12.1 Å². The van der Waals surface area contributed by atoms with Crippen LogP contribution < -0.4 is 5.32 Å². The van der Waals surface area contributed by atoms with Gasteiger partial charge in [0.05, 0.1) is 30.4 Å². The van der Waals surface area contributed by atoms with Gasteiger partial charge in [0.1, 0.15) is 0 Å². The zero-order valence-electron chi connectivity index (χ0n) is 16.2. The Labute approximate surface area is 167 Å². The number of carbonyl (C=O) groups excluding carboxylic acids is 1. The molecule has 1 saturated heterocycles. The highest BCUT2D eigenvalue weighted by Gasteiger charge is 2.42. The maximum atomic E-state index is 13.2. The molecule has 0 aromatic heterocycles. The smallest absolute Gasteiger partial charge is 0.416 e. The monoisotopic (exact) mass is 405 g/mol. The first-order chi connectivity index (χ1) is 13.8. The second kappa shape index (κ2) is 7.37. The van der Waals surface area contributed by atoms with Crippen molar-refractivity contribution < 1.29 is 27.4 Å². The van der Waals surface area contributed by atoms with Gasteiger partial charge in [-0.25, -0.2) is 4.79 Å². The quantitative estimate of drug-likeness (QED) is 0.677. The second-order valence-corrected chi connectivity index (χ2v) is 7.58. The van der Waals surface area contributed by atoms with Crippen molar-refractivity contribution in [2.45, 2.75) is 38.1 Å². The molecule has 2 heterocycles. The van der Waals surface area contributed by atoms with Crippen LogP contribution in [0.2, 0.25) is 0 Å². The summed E-state index contributed by atoms with van der Waals surface area (Å²) in [6.07, 6.45) is -3.09. The highest BCUT2D eigenvalue weighted by Crippen LogP contribution is 2.50. The molecule has 0 unspecified atom stereocenters. The molecule has 0 radical (unpaired) electrons. The van der Waals surface area contributed by atoms with E-state index in [4.69, 9.17) is 9.47 Å². The van der Waals surface area contributed by atoms with Crippen molar-refractivity contribution in [3.05, 3.63) is 64.2 Å². The molecule has 7 heteroatoms. The van der Waals surface area contributed by atoms with E-state index in [9.17, 15) is 18.0 Å². The second-order valence-electron chi connectivity index (χ2n) is 7.58. The molecule has 0 bridgehead atoms. The molecule has 29 heavy (non-hydrogen) atoms. The lowest BCUT2D eigenvalue weighted by Gasteiger charge is -2.44. The Morgan fingerprint density at radius 2 is 1.97 bits per heavy atom. The van der Waals surface area contributed by atoms with Crippen molar-refractivity contribution >= 4 is 11.7 Å². The Hall–Kier alpha value is -2.54. The fraction of sp³-hybridized carbons (Fsp3) is 0.409. The average molecular weight is 405 g/mol. The van der Waals surface area contributed by atoms with E-state index >= 15 is 0 Å². The van der Waals surface area contributed by atoms with E-state index in [1.54, 1.807) is 12.1 Å². The summed E-state index contributed by atoms with van der Waals surface area (Å²) in [6, 6.07) is 9.06. The highest BCUT2D eigenvalue weighted by atomic mass is 19.4. The first kappa shape index (κ1) is 19.8. The number of anilines is 1. The molecular formula is C22H22F3NO3. The average Bonchev–Trinajstić information content (AvgIpc) is 2.71. The number of carbonyl (C=O) groups is 1. The van der Waals surface area contributed by atoms with Crippen molar-refractivity contribution in [1.29, 1.82) is 0 Å². The molecular weight excluding hydrogens is 383 g/mol. The Morgan fingerprint density at radius 1 is 1.17 bits per heavy atom. The Bertz CT molecular complexity index is 941. The summed E-state index contributed by atoms with van der Waals surface area (Å²) >= 11 is 0. The largest absolute Gasteiger partial charge is 0.465 e. The van der Waals surface area contributed by atoms with Crippen molar-refractivity contribution in [3.63, 3.8) is 0 Å². The molecule has 2 aromatic rings. The minimum atomic E-state index is -4.39. The van der Waals surface area contributed by atoms with E-state index < -0.39 is 23.8 Å². The van der Waals surface area contributed by atoms with Gasteiger partial charge in [-0.05, 0) is 61.2 Å². The molecule has 4 rings (SSSR count). The highest BCUT2D eigenvalue weighted by molar-refractivity contribution is 5.89. The third-order valence-corrected chi connectivity index (χ3v) is 5.82. The Morgan fingerprint density at radius 3 is 2.66 bits per heavy atom. The summed E-state index contributed by atoms with van der Waals surface area (Å²) in [5.41, 5.74) is 2.94. The lowest BCUT2D eigenvalue weighted by Crippen LogP contribution is -2.36. The minimum absolute atomic E-state index is 0.00223. The van der Waals surface area contributed by atoms with Crippen LogP contribution in [0.4, 0.5) is 18.9 Å². The SMILES string of the molecule is COC(=O)c1ccc([C@@H]2Nc3ccc(C(F)(F)F)cc3[C@@H]3OCCC[C@H]23)c(C)c1. The van der Waals surface area contributed by atoms with Gasteiger partial charge in [-0.3, -0.25) is 0 Å². The summed E-state index contributed by atoms with van der Waals surface area (Å²) in [5, 5.41) is 3.43. The van der Waals surface area contributed by atoms with Crippen LogP contribution in [0.15, 0.2) is 36.4 Å². The number of rotatable bonds is 2. The maximum absolute atomic E-state index is 13.2. The van der Waals surface area contributed by atoms with Gasteiger partial charge in [-0.15, -0.1) is 0 Å². The van der Waals surface area contributed by atoms with Gasteiger partial charge < -0.3 is 14.8 Å². The predicted molar refractivity (Wildman–Crippen MR) is 102 cm³/mol. The number of benzene rings is 2. The summed E-state index contributed by atoms with van der Waals surface area (Å²) in [4.78, 5) is 11.8. The van der Waals surface area contributed by atoms with Crippen molar-refractivity contribution in [3.8, 4) is 0 Å². The van der Waals surface area contributed by atoms with Crippen molar-refractivity contribution in [1.82, 2.24) is 0 Å². The van der Waals surface area contributed by atoms with Crippen LogP contribution in [0.1, 0.15) is 57.6 Å². The fourth-order valence-corrected chi connectivity index (χ4v) is 4.42. The van der Waals surface area contributed by atoms with Gasteiger partial charge in [-0.2, -0.15) is 13.2 Å². The topological polar surface area (TPSA) is 47.6 Å². The molecule has 2 aliphatic rings. The molecule has 3 atom stereocenters. The molecule has 0 spiro atoms. The Balaban J connectivity index is 1.74. The summed E-state index contributed by atoms with van der Waals surface area (Å²) in [7, 11) is 1.34. The first-order valence-electron chi connectivity index (χ1n) is 9.57. The van der Waals surface area contributed by atoms with Gasteiger partial charge in [0.15, 0.2) is 0 Å². The van der Waals surface area contributed by atoms with Crippen LogP contribution in [-0.2, 0) is 15.7 Å². The first-order valence-corrected chi connectivity index (χ1v) is 9.57. The molecule has 4 nitrogen and oxygen atoms in total. The molecule has 2 aliphatic heterocycles. The van der Waals surface area contributed by atoms with Crippen LogP contribution >= 0.6 is 0 Å². The number of hydrogen-bond donors (Lipinski definition) is 1. The summed E-state index contributed by atoms with van der Waals surface area (Å²) in [5.74, 6) is -0.400. The number of ether oxygens (including phenoxy) is 2. The standard InChI is InChI=1S/C22H22F3NO3/c1-12-10-13(21(27)28-2)5-7-15(12)19-16-4-3-9-29-20(16)17-11-14(22(23,24)25)6-8-18(17)26-19/h5-8,10-11,16,19-20,26H,3-4,9H2,1-2H3/t16-,19+,20-/m1/s1. The Kier molecular flexibility index (Phi) is 5.02. The normalized spacial score (nSPS) is 23.6. The number of aryl methyl sites for hydroxylation is 1. The molecule has 154 valence electrons. The maximum Gasteiger partial charge on any atom is 0.416 e. The fourth-order valence-electron chi connectivity index (χ4n) is 4.42. The number of alkyl halides is 3. The van der Waals surface area contributed by atoms with E-state index in [1.165, 1.54) is 19.2 Å². The molecule has 0 amide bonds. The van der Waals surface area contributed by atoms with Crippen molar-refractivity contribution in [2.75, 3.05) is 19.0 Å². The number of halogens is 3. The lowest BCUT2D eigenvalue weighted by atomic mass is 9.76. The molecule has 2 aromatic carbocycles. The van der Waals surface area contributed by atoms with E-state index in [2.05, 4.69) is 5.32 Å². The molecule has 1 N–H and O–H groups in total. The number of hydrogen-bond acceptors (Lipinski definition) is 4. The van der Waals surface area contributed by atoms with Crippen LogP contribution in [-0.4, -0.2) is 19.7 Å². The molecule has 0 aliphatic carbocycles. The third-order valence-electron chi connectivity index (χ3n) is 5.82. The lowest BCUT2D eigenvalue weighted by molar-refractivity contribution is -0.137. The van der Waals surface area contributed by atoms with E-state index in [0.717, 1.165) is 30.0 Å². The molecule has 1 fully saturated rings. The van der Waals surface area contributed by atoms with Crippen LogP contribution in [0, 0.1) is 12.8 Å². The minimum Gasteiger partial charge on any atom is -0.465 e. The predicted octanol–water partition coefficient (Wildman–Crippen LogP) is 5.43. The van der Waals surface area contributed by atoms with Crippen LogP contribution in [0.25, 0.3) is 0 Å². The van der Waals surface area contributed by atoms with Gasteiger partial charge in [-0.1, -0.05) is 6.07 Å². The zero-order valence-corrected chi connectivity index (χ0v) is 16.2. The number of esters is 1. The number of fused-ring (bicyclic) bond motifs is 3. The van der Waals surface area contributed by atoms with Crippen LogP contribution in [0.5, 0.6) is 0 Å². The number of nitrogens with one attached hydrogen (secondary N) is 1. The van der Waals surface area contributed by atoms with Crippen molar-refractivity contribution in [2.24, 2.45) is 5.92 Å². The summed E-state index contributed by atoms with van der Waals surface area (Å²) in [6.45, 7) is 2.45. The van der Waals surface area contributed by atoms with Crippen LogP contribution in [0.3, 0.4) is 0 Å². The zero-order chi connectivity index (χ0) is 20.8. The third kappa shape index (κ3) is 3.59. The summed E-state index contributed by atoms with van der Waals surface area (Å²) < 4.78 is 50.4. The molecule has 0 saturated carbocycles. The van der Waals surface area contributed by atoms with Gasteiger partial charge in [0.25, 0.3) is 0 Å². The van der Waals surface area contributed by atoms with Gasteiger partial charge in [0.2, 0.25) is 0 Å². The van der Waals surface area contributed by atoms with E-state index in [1.807, 2.05) is 13.0 Å². The van der Waals surface area contributed by atoms with E-state index in [0.29, 0.717) is 23.4 Å². The van der Waals surface area contributed by atoms with Gasteiger partial charge in [0, 0.05) is 23.8 Å². The number of methoxy groups -OCH3 is 1. The van der Waals surface area contributed by atoms with E-state index in [-0.39, 0.29) is 12.0 Å².